The Balaban J connectivity index is 0.000000190. The molecule has 0 radical (unpaired) electrons. The molecule has 22 N–H and O–H groups in total. The quantitative estimate of drug-likeness (QED) is 0.0180. The number of nitrogen functional groups attached to an aromatic ring is 3. The molecule has 0 saturated carbocycles. The fourth-order valence-electron chi connectivity index (χ4n) is 10.7. The van der Waals surface area contributed by atoms with Gasteiger partial charge in [0.15, 0.2) is 0 Å². The molecule has 146 heavy (non-hydrogen) atoms. The van der Waals surface area contributed by atoms with Crippen molar-refractivity contribution >= 4 is 267 Å². The number of amides is 14. The predicted molar refractivity (Wildman–Crippen MR) is 564 cm³/mol. The van der Waals surface area contributed by atoms with E-state index >= 15 is 0 Å². The number of hydrogen-bond acceptors (Lipinski definition) is 31. The van der Waals surface area contributed by atoms with E-state index in [2.05, 4.69) is 182 Å². The van der Waals surface area contributed by atoms with Gasteiger partial charge in [-0.15, -0.1) is 0 Å². The van der Waals surface area contributed by atoms with E-state index in [0.717, 1.165) is 106 Å². The molecule has 0 fully saturated rings. The number of aryl methyl sites for hydroxylation is 3. The molecule has 40 nitrogen and oxygen atoms in total. The number of urea groups is 7. The van der Waals surface area contributed by atoms with Crippen LogP contribution in [0.25, 0.3) is 0 Å². The number of halogens is 12. The van der Waals surface area contributed by atoms with E-state index in [0.29, 0.717) is 96.5 Å². The smallest absolute Gasteiger partial charge is 0.324 e. The van der Waals surface area contributed by atoms with Gasteiger partial charge in [-0.05, 0) is 224 Å². The summed E-state index contributed by atoms with van der Waals surface area (Å²) in [4.78, 5) is 117. The van der Waals surface area contributed by atoms with Gasteiger partial charge in [-0.25, -0.2) is 86.0 Å². The van der Waals surface area contributed by atoms with Crippen LogP contribution in [0.3, 0.4) is 0 Å². The second-order valence-corrected chi connectivity index (χ2v) is 35.7. The Morgan fingerprint density at radius 1 is 0.370 bits per heavy atom. The third kappa shape index (κ3) is 39.3. The van der Waals surface area contributed by atoms with E-state index in [1.807, 2.05) is 32.0 Å². The lowest BCUT2D eigenvalue weighted by Crippen LogP contribution is -2.20. The molecular formula is C89H83BrCl5F6N31O9S5. The van der Waals surface area contributed by atoms with Crippen molar-refractivity contribution in [3.8, 4) is 11.8 Å². The summed E-state index contributed by atoms with van der Waals surface area (Å²) in [7, 11) is 0. The van der Waals surface area contributed by atoms with Gasteiger partial charge >= 0.3 is 42.2 Å². The van der Waals surface area contributed by atoms with Crippen LogP contribution < -0.4 is 91.6 Å². The maximum Gasteiger partial charge on any atom is 0.324 e. The zero-order chi connectivity index (χ0) is 106. The molecule has 762 valence electrons. The molecule has 0 aliphatic carbocycles. The number of alkyl halides is 4. The van der Waals surface area contributed by atoms with Crippen LogP contribution in [-0.4, -0.2) is 119 Å². The van der Waals surface area contributed by atoms with Crippen molar-refractivity contribution in [1.82, 2.24) is 66.7 Å². The second kappa shape index (κ2) is 57.5. The van der Waals surface area contributed by atoms with Crippen LogP contribution in [0.1, 0.15) is 121 Å². The largest absolute Gasteiger partial charge is 0.396 e. The number of carbonyl (C=O) groups excluding carboxylic acids is 7. The SMILES string of the molecule is CC(F)c1cc(NC(=O)Nc2cc(Cl)ncc2CO)sn1.CC(F)c1cc(NC(=O)Nc2cc(Cl)ncc2N)sn1.CC(F)c1cc(NC(=O)Nc2cc(F)ncc2CO)sn1.CC(F)c1cc(NC(=O)Nc2cc(F)ncc2N)sn1.CCc1cccc(C#Cc2nsc(NC(=O)Nc3cc(Cl)ncc3N)c2Br)c1.Cc1cc(NC(=O)Nc2ccnc(Cl)c2)ccn1.Cc1cc(NC(=O)Nc2ccnc(Cl)c2)ccn1. The van der Waals surface area contributed by atoms with Crippen LogP contribution in [0.5, 0.6) is 0 Å². The van der Waals surface area contributed by atoms with Gasteiger partial charge in [-0.1, -0.05) is 83.0 Å². The predicted octanol–water partition coefficient (Wildman–Crippen LogP) is 23.9. The first-order valence-electron chi connectivity index (χ1n) is 41.7. The molecule has 14 amide bonds. The molecule has 4 atom stereocenters. The van der Waals surface area contributed by atoms with Crippen LogP contribution in [0.4, 0.5) is 153 Å². The Morgan fingerprint density at radius 2 is 0.685 bits per heavy atom. The minimum Gasteiger partial charge on any atom is -0.396 e. The van der Waals surface area contributed by atoms with E-state index in [1.165, 1.54) is 107 Å². The van der Waals surface area contributed by atoms with Crippen LogP contribution in [0.2, 0.25) is 25.8 Å². The molecule has 0 aliphatic heterocycles. The Hall–Kier alpha value is -15.0. The zero-order valence-corrected chi connectivity index (χ0v) is 86.0. The van der Waals surface area contributed by atoms with E-state index < -0.39 is 73.3 Å². The van der Waals surface area contributed by atoms with E-state index in [-0.39, 0.29) is 85.2 Å². The van der Waals surface area contributed by atoms with Gasteiger partial charge in [-0.2, -0.15) is 30.6 Å². The highest BCUT2D eigenvalue weighted by atomic mass is 79.9. The lowest BCUT2D eigenvalue weighted by molar-refractivity contribution is 0.261. The van der Waals surface area contributed by atoms with E-state index in [4.69, 9.17) is 80.3 Å². The van der Waals surface area contributed by atoms with Gasteiger partial charge in [0.2, 0.25) is 11.9 Å². The number of carbonyl (C=O) groups is 7. The van der Waals surface area contributed by atoms with Crippen molar-refractivity contribution in [2.45, 2.75) is 92.8 Å². The van der Waals surface area contributed by atoms with Crippen molar-refractivity contribution in [3.05, 3.63) is 287 Å². The summed E-state index contributed by atoms with van der Waals surface area (Å²) in [6, 6.07) is 30.0. The topological polar surface area (TPSA) is 587 Å². The first-order chi connectivity index (χ1) is 69.6. The van der Waals surface area contributed by atoms with Gasteiger partial charge in [0.05, 0.1) is 105 Å². The number of pyridine rings is 9. The van der Waals surface area contributed by atoms with Crippen molar-refractivity contribution in [2.24, 2.45) is 0 Å². The average molecular weight is 2260 g/mol. The zero-order valence-electron chi connectivity index (χ0n) is 76.6. The Kier molecular flexibility index (Phi) is 45.1. The first kappa shape index (κ1) is 115. The Labute approximate surface area is 880 Å². The molecule has 1 aromatic carbocycles. The fraction of sp³-hybridized carbons (Fsp3) is 0.157. The number of rotatable bonds is 21. The molecule has 4 unspecified atom stereocenters. The van der Waals surface area contributed by atoms with Crippen LogP contribution >= 0.6 is 132 Å². The summed E-state index contributed by atoms with van der Waals surface area (Å²) in [6.07, 6.45) is 8.76. The highest BCUT2D eigenvalue weighted by Crippen LogP contribution is 2.34. The van der Waals surface area contributed by atoms with E-state index in [1.54, 1.807) is 60.9 Å². The third-order valence-corrected chi connectivity index (χ3v) is 23.4. The normalized spacial score (nSPS) is 11.1. The standard InChI is InChI=1S/C19H15BrClN5OS.C12H12ClFN4O2S.2C12H11ClN4O.C12H12F2N4O2S.C11H11ClFN5OS.C11H11F2N5OS/c1-2-11-4-3-5-12(8-11)6-7-14-17(20)18(28-26-14)25-19(27)24-15-9-16(21)23-10-13(15)22;1-6(14)8-3-11(21-18-8)17-12(20)16-9-2-10(13)15-4-7(9)5-19;2*1-8-6-9(2-4-14-8)16-12(18)17-10-3-5-15-11(13)7-10;1-6(13)8-3-11(21-18-8)17-12(20)16-9-2-10(14)15-4-7(9)5-19;1-5(13)7-3-10(20-18-7)17-11(19)16-8-2-9(12)15-4-6(8)14;1-5(12)7-3-10(20-18-7)17-11(19)16-8-2-9(13)15-4-6(8)14/h3-5,8-10H,2,22H2,1H3,(H2,23,24,25,27);2-4,6,19H,5H2,1H3,(H2,15,16,17,20);2*2-7H,1H3,(H2,14,15,16,17,18);2-4,6,19H,5H2,1H3,(H2,15,16,17,20);2*2-5H,14H2,1H3,(H2,15,16,17,19). The van der Waals surface area contributed by atoms with Gasteiger partial charge in [0, 0.05) is 112 Å². The van der Waals surface area contributed by atoms with Crippen molar-refractivity contribution in [2.75, 3.05) is 91.6 Å². The Morgan fingerprint density at radius 3 is 1.05 bits per heavy atom. The minimum absolute atomic E-state index is 0.0959. The number of nitrogens with two attached hydrogens (primary N) is 3. The van der Waals surface area contributed by atoms with E-state index in [9.17, 15) is 65.0 Å². The highest BCUT2D eigenvalue weighted by Gasteiger charge is 2.21. The summed E-state index contributed by atoms with van der Waals surface area (Å²) >= 11 is 37.1. The number of aromatic nitrogens is 14. The maximum atomic E-state index is 13.0. The molecule has 57 heteroatoms. The third-order valence-electron chi connectivity index (χ3n) is 17.7. The number of aliphatic hydroxyl groups is 2. The molecule has 0 aliphatic rings. The summed E-state index contributed by atoms with van der Waals surface area (Å²) in [5.41, 5.74) is 27.5. The Bertz CT molecular complexity index is 6680. The summed E-state index contributed by atoms with van der Waals surface area (Å²) in [5, 5.41) is 57.5. The van der Waals surface area contributed by atoms with Crippen LogP contribution in [0, 0.1) is 37.6 Å². The summed E-state index contributed by atoms with van der Waals surface area (Å²) < 4.78 is 98.3. The van der Waals surface area contributed by atoms with Gasteiger partial charge in [-0.3, -0.25) is 36.6 Å². The fourth-order valence-corrected chi connectivity index (χ4v) is 15.7. The van der Waals surface area contributed by atoms with Crippen LogP contribution in [-0.2, 0) is 19.6 Å². The first-order valence-corrected chi connectivity index (χ1v) is 48.2. The van der Waals surface area contributed by atoms with Crippen molar-refractivity contribution < 1.29 is 70.1 Å². The molecule has 14 aromatic heterocycles. The summed E-state index contributed by atoms with van der Waals surface area (Å²) in [5.74, 6) is 4.57. The second-order valence-electron chi connectivity index (χ2n) is 29.0. The average Bonchev–Trinajstić information content (AvgIpc) is 1.71. The summed E-state index contributed by atoms with van der Waals surface area (Å²) in [6.45, 7) is 10.5. The van der Waals surface area contributed by atoms with Gasteiger partial charge < -0.3 is 75.3 Å². The molecule has 14 heterocycles. The lowest BCUT2D eigenvalue weighted by Gasteiger charge is -2.09. The lowest BCUT2D eigenvalue weighted by atomic mass is 10.1. The van der Waals surface area contributed by atoms with Gasteiger partial charge in [0.25, 0.3) is 0 Å². The number of hydrogen-bond donors (Lipinski definition) is 19. The molecule has 15 aromatic rings. The number of aliphatic hydroxyl groups excluding tert-OH is 2. The van der Waals surface area contributed by atoms with Gasteiger partial charge in [0.1, 0.15) is 81.2 Å². The minimum atomic E-state index is -1.23. The molecule has 15 rings (SSSR count). The van der Waals surface area contributed by atoms with Crippen LogP contribution in [0.15, 0.2) is 188 Å². The highest BCUT2D eigenvalue weighted by molar-refractivity contribution is 9.10. The van der Waals surface area contributed by atoms with Crippen molar-refractivity contribution in [3.63, 3.8) is 0 Å². The number of nitrogens with one attached hydrogen (secondary N) is 14. The number of anilines is 17. The molecule has 0 saturated heterocycles. The molecule has 0 bridgehead atoms. The maximum absolute atomic E-state index is 13.0. The monoisotopic (exact) mass is 2260 g/mol. The molecular weight excluding hydrogens is 2180 g/mol. The molecule has 0 spiro atoms. The number of benzene rings is 1. The van der Waals surface area contributed by atoms with Crippen molar-refractivity contribution in [1.29, 1.82) is 0 Å². The number of nitrogens with zero attached hydrogens (tertiary/aromatic N) is 14.